The van der Waals surface area contributed by atoms with Gasteiger partial charge in [0.05, 0.1) is 16.9 Å². The van der Waals surface area contributed by atoms with Gasteiger partial charge in [0.15, 0.2) is 0 Å². The predicted octanol–water partition coefficient (Wildman–Crippen LogP) is 3.08. The van der Waals surface area contributed by atoms with E-state index in [1.165, 1.54) is 36.4 Å². The molecule has 29 heavy (non-hydrogen) atoms. The van der Waals surface area contributed by atoms with Crippen molar-refractivity contribution in [3.63, 3.8) is 0 Å². The Kier molecular flexibility index (Phi) is 3.78. The molecule has 3 aromatic rings. The Hall–Kier alpha value is -2.91. The Morgan fingerprint density at radius 2 is 1.38 bits per heavy atom. The van der Waals surface area contributed by atoms with E-state index in [0.717, 1.165) is 24.2 Å². The van der Waals surface area contributed by atoms with Crippen molar-refractivity contribution in [3.05, 3.63) is 78.6 Å². The first kappa shape index (κ1) is 18.1. The predicted molar refractivity (Wildman–Crippen MR) is 109 cm³/mol. The number of fused-ring (bicyclic) bond motifs is 1. The van der Waals surface area contributed by atoms with E-state index in [4.69, 9.17) is 0 Å². The molecule has 0 spiro atoms. The number of pyridine rings is 1. The molecule has 0 radical (unpaired) electrons. The van der Waals surface area contributed by atoms with Crippen LogP contribution >= 0.6 is 0 Å². The summed E-state index contributed by atoms with van der Waals surface area (Å²) in [6.45, 7) is 0. The number of aromatic nitrogens is 1. The maximum Gasteiger partial charge on any atom is 0.279 e. The minimum absolute atomic E-state index is 0.0782. The van der Waals surface area contributed by atoms with Crippen LogP contribution in [0.4, 0.5) is 11.4 Å². The second-order valence-electron chi connectivity index (χ2n) is 7.12. The Morgan fingerprint density at radius 1 is 0.793 bits per heavy atom. The van der Waals surface area contributed by atoms with Gasteiger partial charge < -0.3 is 5.32 Å². The second kappa shape index (κ2) is 6.04. The molecule has 1 fully saturated rings. The van der Waals surface area contributed by atoms with Crippen LogP contribution in [0.5, 0.6) is 0 Å². The van der Waals surface area contributed by atoms with Crippen LogP contribution in [0.15, 0.2) is 82.7 Å². The van der Waals surface area contributed by atoms with E-state index in [0.29, 0.717) is 3.71 Å². The average molecular weight is 428 g/mol. The second-order valence-corrected chi connectivity index (χ2v) is 10.9. The number of sulfonamides is 2. The van der Waals surface area contributed by atoms with Gasteiger partial charge in [0.1, 0.15) is 9.79 Å². The molecule has 0 unspecified atom stereocenters. The van der Waals surface area contributed by atoms with Gasteiger partial charge in [0.25, 0.3) is 20.0 Å². The van der Waals surface area contributed by atoms with Gasteiger partial charge in [-0.05, 0) is 61.4 Å². The molecule has 1 aromatic heterocycles. The monoisotopic (exact) mass is 427 g/mol. The average Bonchev–Trinajstić information content (AvgIpc) is 3.47. The van der Waals surface area contributed by atoms with E-state index in [2.05, 4.69) is 10.3 Å². The van der Waals surface area contributed by atoms with Crippen LogP contribution in [0.25, 0.3) is 0 Å². The van der Waals surface area contributed by atoms with Crippen LogP contribution in [0.1, 0.15) is 18.5 Å². The lowest BCUT2D eigenvalue weighted by Crippen LogP contribution is -2.30. The van der Waals surface area contributed by atoms with E-state index < -0.39 is 20.0 Å². The summed E-state index contributed by atoms with van der Waals surface area (Å²) in [6, 6.07) is 17.8. The molecule has 1 aliphatic heterocycles. The van der Waals surface area contributed by atoms with E-state index in [1.54, 1.807) is 18.3 Å². The number of nitrogens with one attached hydrogen (secondary N) is 1. The summed E-state index contributed by atoms with van der Waals surface area (Å²) in [5, 5.41) is 3.44. The molecule has 0 saturated heterocycles. The van der Waals surface area contributed by atoms with Gasteiger partial charge in [-0.3, -0.25) is 4.98 Å². The molecule has 1 saturated carbocycles. The van der Waals surface area contributed by atoms with Crippen molar-refractivity contribution in [2.45, 2.75) is 28.2 Å². The molecule has 2 aromatic carbocycles. The molecule has 148 valence electrons. The largest absolute Gasteiger partial charge is 0.374 e. The molecule has 1 aliphatic carbocycles. The number of hydrogen-bond acceptors (Lipinski definition) is 6. The Bertz CT molecular complexity index is 1250. The van der Waals surface area contributed by atoms with E-state index in [-0.39, 0.29) is 21.0 Å². The molecule has 1 N–H and O–H groups in total. The first-order valence-electron chi connectivity index (χ1n) is 9.04. The zero-order valence-electron chi connectivity index (χ0n) is 15.2. The van der Waals surface area contributed by atoms with Crippen molar-refractivity contribution in [2.75, 3.05) is 9.03 Å². The number of benzene rings is 2. The Labute approximate surface area is 169 Å². The molecule has 2 aliphatic rings. The van der Waals surface area contributed by atoms with Gasteiger partial charge in [0.2, 0.25) is 0 Å². The number of rotatable bonds is 4. The van der Waals surface area contributed by atoms with Gasteiger partial charge in [0, 0.05) is 11.9 Å². The van der Waals surface area contributed by atoms with Gasteiger partial charge in [-0.2, -0.15) is 20.5 Å². The van der Waals surface area contributed by atoms with Crippen molar-refractivity contribution < 1.29 is 16.8 Å². The topological polar surface area (TPSA) is 96.4 Å². The molecule has 7 nitrogen and oxygen atoms in total. The van der Waals surface area contributed by atoms with Crippen LogP contribution in [0.3, 0.4) is 0 Å². The van der Waals surface area contributed by atoms with Gasteiger partial charge in [-0.15, -0.1) is 0 Å². The summed E-state index contributed by atoms with van der Waals surface area (Å²) in [5.41, 5.74) is 1.56. The SMILES string of the molecule is O=S1(=O)c2ccccc2S(=O)(=O)N1c1ccc(NC2(c3ccccn3)CC2)cc1. The number of nitrogens with zero attached hydrogens (tertiary/aromatic N) is 2. The highest BCUT2D eigenvalue weighted by Crippen LogP contribution is 2.47. The molecule has 9 heteroatoms. The summed E-state index contributed by atoms with van der Waals surface area (Å²) in [4.78, 5) is 4.02. The van der Waals surface area contributed by atoms with Crippen LogP contribution in [0.2, 0.25) is 0 Å². The third-order valence-electron chi connectivity index (χ3n) is 5.21. The van der Waals surface area contributed by atoms with Crippen molar-refractivity contribution in [2.24, 2.45) is 0 Å². The molecular formula is C20H17N3O4S2. The highest BCUT2D eigenvalue weighted by Gasteiger charge is 2.48. The van der Waals surface area contributed by atoms with Gasteiger partial charge >= 0.3 is 0 Å². The third kappa shape index (κ3) is 2.72. The maximum absolute atomic E-state index is 12.8. The van der Waals surface area contributed by atoms with Crippen molar-refractivity contribution >= 4 is 31.4 Å². The molecule has 0 amide bonds. The summed E-state index contributed by atoms with van der Waals surface area (Å²) < 4.78 is 51.8. The standard InChI is InChI=1S/C20H17N3O4S2/c24-28(25)17-5-1-2-6-18(17)29(26,27)23(28)16-10-8-15(9-11-16)22-20(12-13-20)19-7-3-4-14-21-19/h1-11,14,22H,12-13H2. The van der Waals surface area contributed by atoms with Crippen LogP contribution in [-0.2, 0) is 25.6 Å². The summed E-state index contributed by atoms with van der Waals surface area (Å²) in [7, 11) is -8.34. The summed E-state index contributed by atoms with van der Waals surface area (Å²) >= 11 is 0. The fourth-order valence-electron chi connectivity index (χ4n) is 3.62. The lowest BCUT2D eigenvalue weighted by atomic mass is 10.1. The van der Waals surface area contributed by atoms with Gasteiger partial charge in [-0.1, -0.05) is 18.2 Å². The van der Waals surface area contributed by atoms with Crippen molar-refractivity contribution in [1.29, 1.82) is 0 Å². The molecule has 0 atom stereocenters. The highest BCUT2D eigenvalue weighted by molar-refractivity contribution is 8.12. The Balaban J connectivity index is 1.48. The fraction of sp³-hybridized carbons (Fsp3) is 0.150. The van der Waals surface area contributed by atoms with E-state index in [9.17, 15) is 16.8 Å². The summed E-state index contributed by atoms with van der Waals surface area (Å²) in [5.74, 6) is 0. The van der Waals surface area contributed by atoms with E-state index in [1.807, 2.05) is 18.2 Å². The number of anilines is 2. The minimum atomic E-state index is -4.17. The van der Waals surface area contributed by atoms with E-state index >= 15 is 0 Å². The van der Waals surface area contributed by atoms with Crippen LogP contribution in [-0.4, -0.2) is 21.8 Å². The normalized spacial score (nSPS) is 20.1. The number of hydrogen-bond donors (Lipinski definition) is 1. The molecule has 5 rings (SSSR count). The third-order valence-corrected chi connectivity index (χ3v) is 9.63. The fourth-order valence-corrected chi connectivity index (χ4v) is 8.07. The van der Waals surface area contributed by atoms with Gasteiger partial charge in [-0.25, -0.2) is 0 Å². The zero-order chi connectivity index (χ0) is 20.3. The lowest BCUT2D eigenvalue weighted by molar-refractivity contribution is 0.593. The van der Waals surface area contributed by atoms with Crippen molar-refractivity contribution in [1.82, 2.24) is 4.98 Å². The molecular weight excluding hydrogens is 410 g/mol. The maximum atomic E-state index is 12.8. The van der Waals surface area contributed by atoms with Crippen LogP contribution in [0, 0.1) is 0 Å². The first-order valence-corrected chi connectivity index (χ1v) is 11.9. The minimum Gasteiger partial charge on any atom is -0.374 e. The Morgan fingerprint density at radius 3 is 1.90 bits per heavy atom. The van der Waals surface area contributed by atoms with Crippen LogP contribution < -0.4 is 9.03 Å². The lowest BCUT2D eigenvalue weighted by Gasteiger charge is -2.20. The van der Waals surface area contributed by atoms with Crippen molar-refractivity contribution in [3.8, 4) is 0 Å². The molecule has 0 bridgehead atoms. The summed E-state index contributed by atoms with van der Waals surface area (Å²) in [6.07, 6.45) is 3.63. The molecule has 2 heterocycles. The quantitative estimate of drug-likeness (QED) is 0.687. The zero-order valence-corrected chi connectivity index (χ0v) is 16.8. The smallest absolute Gasteiger partial charge is 0.279 e. The first-order chi connectivity index (χ1) is 13.8. The highest BCUT2D eigenvalue weighted by atomic mass is 32.3.